The number of hydrogen-bond acceptors (Lipinski definition) is 4. The fraction of sp³-hybridized carbons (Fsp3) is 0.833. The van der Waals surface area contributed by atoms with Crippen LogP contribution in [0.1, 0.15) is 13.8 Å². The predicted molar refractivity (Wildman–Crippen MR) is 37.7 cm³/mol. The fourth-order valence-corrected chi connectivity index (χ4v) is 0.583. The molecule has 0 saturated heterocycles. The van der Waals surface area contributed by atoms with Crippen LogP contribution in [-0.2, 0) is 9.53 Å². The van der Waals surface area contributed by atoms with Crippen LogP contribution in [0.15, 0.2) is 0 Å². The van der Waals surface area contributed by atoms with Crippen LogP contribution < -0.4 is 0 Å². The smallest absolute Gasteiger partial charge is 0.315 e. The first-order valence-electron chi connectivity index (χ1n) is 3.36. The maximum absolute atomic E-state index is 10.8. The van der Waals surface area contributed by atoms with Crippen molar-refractivity contribution in [3.8, 4) is 0 Å². The largest absolute Gasteiger partial charge is 0.466 e. The highest BCUT2D eigenvalue weighted by Gasteiger charge is 2.19. The molecule has 0 N–H and O–H groups in total. The lowest BCUT2D eigenvalue weighted by atomic mass is 10.2. The molecule has 11 heavy (non-hydrogen) atoms. The van der Waals surface area contributed by atoms with Gasteiger partial charge in [0.2, 0.25) is 6.54 Å². The monoisotopic (exact) mass is 161 g/mol. The summed E-state index contributed by atoms with van der Waals surface area (Å²) in [6.45, 7) is 3.04. The van der Waals surface area contributed by atoms with Crippen molar-refractivity contribution in [2.45, 2.75) is 13.8 Å². The molecule has 0 aliphatic rings. The van der Waals surface area contributed by atoms with Gasteiger partial charge < -0.3 is 4.74 Å². The number of esters is 1. The number of rotatable bonds is 4. The van der Waals surface area contributed by atoms with Gasteiger partial charge >= 0.3 is 5.97 Å². The molecular weight excluding hydrogens is 150 g/mol. The van der Waals surface area contributed by atoms with Crippen LogP contribution in [0.2, 0.25) is 0 Å². The molecule has 0 radical (unpaired) electrons. The highest BCUT2D eigenvalue weighted by Crippen LogP contribution is 1.97. The summed E-state index contributed by atoms with van der Waals surface area (Å²) < 4.78 is 4.56. The van der Waals surface area contributed by atoms with Crippen molar-refractivity contribution >= 4 is 5.97 Å². The van der Waals surface area contributed by atoms with E-state index in [4.69, 9.17) is 0 Å². The highest BCUT2D eigenvalue weighted by atomic mass is 16.6. The quantitative estimate of drug-likeness (QED) is 0.341. The van der Waals surface area contributed by atoms with Crippen molar-refractivity contribution in [2.75, 3.05) is 13.2 Å². The van der Waals surface area contributed by atoms with Gasteiger partial charge in [0, 0.05) is 4.92 Å². The Labute approximate surface area is 64.5 Å². The van der Waals surface area contributed by atoms with Crippen molar-refractivity contribution < 1.29 is 14.5 Å². The average Bonchev–Trinajstić information content (AvgIpc) is 1.86. The lowest BCUT2D eigenvalue weighted by Gasteiger charge is -2.04. The fourth-order valence-electron chi connectivity index (χ4n) is 0.583. The van der Waals surface area contributed by atoms with Crippen LogP contribution in [0.5, 0.6) is 0 Å². The second-order valence-electron chi connectivity index (χ2n) is 2.17. The van der Waals surface area contributed by atoms with Gasteiger partial charge in [0.1, 0.15) is 5.92 Å². The number of nitrogens with zero attached hydrogens (tertiary/aromatic N) is 1. The Balaban J connectivity index is 3.73. The first-order valence-corrected chi connectivity index (χ1v) is 3.36. The Morgan fingerprint density at radius 1 is 1.73 bits per heavy atom. The van der Waals surface area contributed by atoms with Crippen LogP contribution in [0, 0.1) is 16.0 Å². The van der Waals surface area contributed by atoms with Crippen molar-refractivity contribution in [3.05, 3.63) is 10.1 Å². The molecule has 0 unspecified atom stereocenters. The third kappa shape index (κ3) is 4.30. The summed E-state index contributed by atoms with van der Waals surface area (Å²) in [4.78, 5) is 20.1. The van der Waals surface area contributed by atoms with Crippen molar-refractivity contribution in [2.24, 2.45) is 5.92 Å². The van der Waals surface area contributed by atoms with E-state index in [1.807, 2.05) is 0 Å². The van der Waals surface area contributed by atoms with E-state index in [0.717, 1.165) is 0 Å². The molecule has 0 rings (SSSR count). The number of ether oxygens (including phenoxy) is 1. The number of carbonyl (C=O) groups excluding carboxylic acids is 1. The van der Waals surface area contributed by atoms with E-state index in [9.17, 15) is 14.9 Å². The Hall–Kier alpha value is -1.13. The first kappa shape index (κ1) is 9.87. The summed E-state index contributed by atoms with van der Waals surface area (Å²) in [7, 11) is 0. The van der Waals surface area contributed by atoms with Gasteiger partial charge in [-0.05, 0) is 13.8 Å². The summed E-state index contributed by atoms with van der Waals surface area (Å²) in [6, 6.07) is 0. The van der Waals surface area contributed by atoms with Crippen LogP contribution >= 0.6 is 0 Å². The molecule has 0 fully saturated rings. The molecule has 0 spiro atoms. The number of hydrogen-bond donors (Lipinski definition) is 0. The predicted octanol–water partition coefficient (Wildman–Crippen LogP) is 0.462. The van der Waals surface area contributed by atoms with Crippen LogP contribution in [-0.4, -0.2) is 24.0 Å². The zero-order valence-electron chi connectivity index (χ0n) is 6.57. The number of carbonyl (C=O) groups is 1. The molecule has 5 nitrogen and oxygen atoms in total. The SMILES string of the molecule is CCOC(=O)[C@H](C)C[N+](=O)[O-]. The molecule has 1 atom stereocenters. The lowest BCUT2D eigenvalue weighted by molar-refractivity contribution is -0.485. The lowest BCUT2D eigenvalue weighted by Crippen LogP contribution is -2.22. The van der Waals surface area contributed by atoms with Gasteiger partial charge in [-0.3, -0.25) is 14.9 Å². The van der Waals surface area contributed by atoms with E-state index >= 15 is 0 Å². The molecule has 0 aromatic heterocycles. The Morgan fingerprint density at radius 2 is 2.27 bits per heavy atom. The Kier molecular flexibility index (Phi) is 4.17. The minimum atomic E-state index is -0.648. The highest BCUT2D eigenvalue weighted by molar-refractivity contribution is 5.71. The van der Waals surface area contributed by atoms with E-state index in [2.05, 4.69) is 4.74 Å². The van der Waals surface area contributed by atoms with Crippen molar-refractivity contribution in [3.63, 3.8) is 0 Å². The van der Waals surface area contributed by atoms with Gasteiger partial charge in [0.05, 0.1) is 6.61 Å². The van der Waals surface area contributed by atoms with Crippen LogP contribution in [0.4, 0.5) is 0 Å². The molecular formula is C6H11NO4. The van der Waals surface area contributed by atoms with E-state index in [1.54, 1.807) is 6.92 Å². The van der Waals surface area contributed by atoms with Crippen molar-refractivity contribution in [1.82, 2.24) is 0 Å². The standard InChI is InChI=1S/C6H11NO4/c1-3-11-6(8)5(2)4-7(9)10/h5H,3-4H2,1-2H3/t5-/m1/s1. The van der Waals surface area contributed by atoms with Crippen LogP contribution in [0.25, 0.3) is 0 Å². The minimum Gasteiger partial charge on any atom is -0.466 e. The maximum Gasteiger partial charge on any atom is 0.315 e. The molecule has 0 heterocycles. The molecule has 0 aliphatic heterocycles. The summed E-state index contributed by atoms with van der Waals surface area (Å²) in [6.07, 6.45) is 0. The van der Waals surface area contributed by atoms with Gasteiger partial charge in [-0.25, -0.2) is 0 Å². The third-order valence-electron chi connectivity index (χ3n) is 1.11. The van der Waals surface area contributed by atoms with E-state index < -0.39 is 16.8 Å². The first-order chi connectivity index (χ1) is 5.07. The molecule has 0 aromatic carbocycles. The molecule has 0 aromatic rings. The third-order valence-corrected chi connectivity index (χ3v) is 1.11. The van der Waals surface area contributed by atoms with E-state index in [-0.39, 0.29) is 13.2 Å². The Bertz CT molecular complexity index is 157. The van der Waals surface area contributed by atoms with Gasteiger partial charge in [-0.1, -0.05) is 0 Å². The van der Waals surface area contributed by atoms with Crippen molar-refractivity contribution in [1.29, 1.82) is 0 Å². The van der Waals surface area contributed by atoms with Gasteiger partial charge in [-0.2, -0.15) is 0 Å². The van der Waals surface area contributed by atoms with Gasteiger partial charge in [0.15, 0.2) is 0 Å². The summed E-state index contributed by atoms with van der Waals surface area (Å²) in [5.74, 6) is -1.16. The molecule has 0 bridgehead atoms. The Morgan fingerprint density at radius 3 is 2.64 bits per heavy atom. The molecule has 0 saturated carbocycles. The zero-order valence-corrected chi connectivity index (χ0v) is 6.57. The minimum absolute atomic E-state index is 0.265. The molecule has 0 amide bonds. The molecule has 0 aliphatic carbocycles. The average molecular weight is 161 g/mol. The van der Waals surface area contributed by atoms with E-state index in [1.165, 1.54) is 6.92 Å². The summed E-state index contributed by atoms with van der Waals surface area (Å²) in [5.41, 5.74) is 0. The topological polar surface area (TPSA) is 69.4 Å². The van der Waals surface area contributed by atoms with E-state index in [0.29, 0.717) is 0 Å². The zero-order chi connectivity index (χ0) is 8.85. The maximum atomic E-state index is 10.8. The second kappa shape index (κ2) is 4.65. The second-order valence-corrected chi connectivity index (χ2v) is 2.17. The normalized spacial score (nSPS) is 12.2. The van der Waals surface area contributed by atoms with Gasteiger partial charge in [-0.15, -0.1) is 0 Å². The molecule has 5 heteroatoms. The van der Waals surface area contributed by atoms with Gasteiger partial charge in [0.25, 0.3) is 0 Å². The van der Waals surface area contributed by atoms with Crippen LogP contribution in [0.3, 0.4) is 0 Å². The number of nitro groups is 1. The molecule has 64 valence electrons. The summed E-state index contributed by atoms with van der Waals surface area (Å²) >= 11 is 0. The summed E-state index contributed by atoms with van der Waals surface area (Å²) in [5, 5.41) is 9.92.